The molecule has 84 valence electrons. The summed E-state index contributed by atoms with van der Waals surface area (Å²) in [7, 11) is 0. The molecular weight excluding hydrogens is 222 g/mol. The van der Waals surface area contributed by atoms with Crippen molar-refractivity contribution in [1.29, 1.82) is 0 Å². The summed E-state index contributed by atoms with van der Waals surface area (Å²) in [6, 6.07) is 2.51. The summed E-state index contributed by atoms with van der Waals surface area (Å²) in [5, 5.41) is 0.546. The number of imidazole rings is 1. The van der Waals surface area contributed by atoms with Crippen LogP contribution in [-0.2, 0) is 0 Å². The van der Waals surface area contributed by atoms with Crippen LogP contribution in [0.4, 0.5) is 0 Å². The zero-order chi connectivity index (χ0) is 11.0. The Morgan fingerprint density at radius 3 is 2.81 bits per heavy atom. The standard InChI is InChI=1S/C12H14ClN3/c13-12-6-11-10(7-14-12)15-8-16(11)9-4-2-1-3-5-9/h6-9H,1-5H2. The zero-order valence-corrected chi connectivity index (χ0v) is 9.82. The molecule has 1 saturated carbocycles. The monoisotopic (exact) mass is 235 g/mol. The summed E-state index contributed by atoms with van der Waals surface area (Å²) < 4.78 is 2.27. The molecule has 0 radical (unpaired) electrons. The van der Waals surface area contributed by atoms with Crippen molar-refractivity contribution >= 4 is 22.6 Å². The van der Waals surface area contributed by atoms with Gasteiger partial charge in [-0.2, -0.15) is 0 Å². The van der Waals surface area contributed by atoms with Crippen molar-refractivity contribution in [3.63, 3.8) is 0 Å². The molecule has 0 bridgehead atoms. The van der Waals surface area contributed by atoms with E-state index >= 15 is 0 Å². The molecule has 0 unspecified atom stereocenters. The largest absolute Gasteiger partial charge is 0.327 e. The third-order valence-electron chi connectivity index (χ3n) is 3.40. The fourth-order valence-corrected chi connectivity index (χ4v) is 2.71. The number of rotatable bonds is 1. The van der Waals surface area contributed by atoms with Crippen LogP contribution in [0, 0.1) is 0 Å². The SMILES string of the molecule is Clc1cc2c(cn1)ncn2C1CCCCC1. The minimum Gasteiger partial charge on any atom is -0.327 e. The van der Waals surface area contributed by atoms with Crippen LogP contribution in [0.5, 0.6) is 0 Å². The van der Waals surface area contributed by atoms with Gasteiger partial charge in [0.15, 0.2) is 0 Å². The predicted octanol–water partition coefficient (Wildman–Crippen LogP) is 3.59. The molecule has 2 aromatic heterocycles. The Balaban J connectivity index is 2.05. The van der Waals surface area contributed by atoms with Crippen molar-refractivity contribution in [2.45, 2.75) is 38.1 Å². The van der Waals surface area contributed by atoms with E-state index < -0.39 is 0 Å². The van der Waals surface area contributed by atoms with Crippen LogP contribution >= 0.6 is 11.6 Å². The summed E-state index contributed by atoms with van der Waals surface area (Å²) in [4.78, 5) is 8.43. The van der Waals surface area contributed by atoms with Gasteiger partial charge in [0.05, 0.1) is 18.0 Å². The van der Waals surface area contributed by atoms with Crippen LogP contribution in [0.2, 0.25) is 5.15 Å². The molecule has 16 heavy (non-hydrogen) atoms. The van der Waals surface area contributed by atoms with E-state index in [1.54, 1.807) is 6.20 Å². The summed E-state index contributed by atoms with van der Waals surface area (Å²) in [6.07, 6.45) is 10.2. The van der Waals surface area contributed by atoms with Gasteiger partial charge in [-0.05, 0) is 12.8 Å². The highest BCUT2D eigenvalue weighted by atomic mass is 35.5. The molecule has 0 atom stereocenters. The van der Waals surface area contributed by atoms with Gasteiger partial charge in [0, 0.05) is 12.1 Å². The second-order valence-corrected chi connectivity index (χ2v) is 4.83. The van der Waals surface area contributed by atoms with E-state index in [4.69, 9.17) is 11.6 Å². The molecule has 4 heteroatoms. The molecule has 1 fully saturated rings. The molecular formula is C12H14ClN3. The fourth-order valence-electron chi connectivity index (χ4n) is 2.56. The number of hydrogen-bond donors (Lipinski definition) is 0. The predicted molar refractivity (Wildman–Crippen MR) is 64.7 cm³/mol. The van der Waals surface area contributed by atoms with Gasteiger partial charge < -0.3 is 4.57 Å². The second kappa shape index (κ2) is 4.06. The number of pyridine rings is 1. The molecule has 1 aliphatic rings. The Bertz CT molecular complexity index is 500. The highest BCUT2D eigenvalue weighted by molar-refractivity contribution is 6.29. The van der Waals surface area contributed by atoms with Crippen LogP contribution in [0.25, 0.3) is 11.0 Å². The maximum atomic E-state index is 5.93. The molecule has 2 aromatic rings. The van der Waals surface area contributed by atoms with E-state index in [2.05, 4.69) is 14.5 Å². The number of hydrogen-bond acceptors (Lipinski definition) is 2. The molecule has 3 rings (SSSR count). The molecule has 0 aromatic carbocycles. The first kappa shape index (κ1) is 10.1. The third kappa shape index (κ3) is 1.69. The Morgan fingerprint density at radius 2 is 2.00 bits per heavy atom. The smallest absolute Gasteiger partial charge is 0.131 e. The normalized spacial score (nSPS) is 18.1. The minimum absolute atomic E-state index is 0.546. The lowest BCUT2D eigenvalue weighted by atomic mass is 9.95. The lowest BCUT2D eigenvalue weighted by Crippen LogP contribution is -2.11. The molecule has 3 nitrogen and oxygen atoms in total. The average molecular weight is 236 g/mol. The van der Waals surface area contributed by atoms with E-state index in [9.17, 15) is 0 Å². The van der Waals surface area contributed by atoms with Crippen molar-refractivity contribution < 1.29 is 0 Å². The van der Waals surface area contributed by atoms with E-state index in [1.165, 1.54) is 32.1 Å². The molecule has 1 aliphatic carbocycles. The van der Waals surface area contributed by atoms with Gasteiger partial charge in [0.25, 0.3) is 0 Å². The minimum atomic E-state index is 0.546. The number of nitrogens with zero attached hydrogens (tertiary/aromatic N) is 3. The van der Waals surface area contributed by atoms with E-state index in [-0.39, 0.29) is 0 Å². The van der Waals surface area contributed by atoms with E-state index in [1.807, 2.05) is 12.4 Å². The zero-order valence-electron chi connectivity index (χ0n) is 9.06. The second-order valence-electron chi connectivity index (χ2n) is 4.44. The van der Waals surface area contributed by atoms with E-state index in [0.717, 1.165) is 11.0 Å². The Labute approximate surface area is 99.5 Å². The molecule has 0 N–H and O–H groups in total. The van der Waals surface area contributed by atoms with E-state index in [0.29, 0.717) is 11.2 Å². The van der Waals surface area contributed by atoms with Gasteiger partial charge in [-0.15, -0.1) is 0 Å². The fraction of sp³-hybridized carbons (Fsp3) is 0.500. The van der Waals surface area contributed by atoms with Gasteiger partial charge in [-0.1, -0.05) is 30.9 Å². The molecule has 0 saturated heterocycles. The average Bonchev–Trinajstić information content (AvgIpc) is 2.73. The van der Waals surface area contributed by atoms with Crippen LogP contribution < -0.4 is 0 Å². The van der Waals surface area contributed by atoms with Crippen LogP contribution in [-0.4, -0.2) is 14.5 Å². The first-order chi connectivity index (χ1) is 7.84. The van der Waals surface area contributed by atoms with Crippen molar-refractivity contribution in [1.82, 2.24) is 14.5 Å². The van der Waals surface area contributed by atoms with Crippen molar-refractivity contribution in [3.8, 4) is 0 Å². The van der Waals surface area contributed by atoms with Crippen LogP contribution in [0.15, 0.2) is 18.6 Å². The van der Waals surface area contributed by atoms with Gasteiger partial charge in [-0.3, -0.25) is 0 Å². The summed E-state index contributed by atoms with van der Waals surface area (Å²) in [6.45, 7) is 0. The first-order valence-electron chi connectivity index (χ1n) is 5.83. The quantitative estimate of drug-likeness (QED) is 0.708. The van der Waals surface area contributed by atoms with Gasteiger partial charge in [0.1, 0.15) is 10.7 Å². The first-order valence-corrected chi connectivity index (χ1v) is 6.20. The Hall–Kier alpha value is -1.09. The lowest BCUT2D eigenvalue weighted by Gasteiger charge is -2.23. The third-order valence-corrected chi connectivity index (χ3v) is 3.60. The Morgan fingerprint density at radius 1 is 1.19 bits per heavy atom. The summed E-state index contributed by atoms with van der Waals surface area (Å²) in [5.74, 6) is 0. The summed E-state index contributed by atoms with van der Waals surface area (Å²) >= 11 is 5.93. The van der Waals surface area contributed by atoms with Gasteiger partial charge in [0.2, 0.25) is 0 Å². The Kier molecular flexibility index (Phi) is 2.56. The maximum Gasteiger partial charge on any atom is 0.131 e. The molecule has 0 aliphatic heterocycles. The van der Waals surface area contributed by atoms with Crippen molar-refractivity contribution in [3.05, 3.63) is 23.7 Å². The number of fused-ring (bicyclic) bond motifs is 1. The molecule has 0 amide bonds. The maximum absolute atomic E-state index is 5.93. The number of aromatic nitrogens is 3. The van der Waals surface area contributed by atoms with Crippen LogP contribution in [0.1, 0.15) is 38.1 Å². The summed E-state index contributed by atoms with van der Waals surface area (Å²) in [5.41, 5.74) is 2.06. The highest BCUT2D eigenvalue weighted by Crippen LogP contribution is 2.30. The van der Waals surface area contributed by atoms with Gasteiger partial charge in [-0.25, -0.2) is 9.97 Å². The van der Waals surface area contributed by atoms with Crippen LogP contribution in [0.3, 0.4) is 0 Å². The van der Waals surface area contributed by atoms with Crippen molar-refractivity contribution in [2.24, 2.45) is 0 Å². The van der Waals surface area contributed by atoms with Gasteiger partial charge >= 0.3 is 0 Å². The highest BCUT2D eigenvalue weighted by Gasteiger charge is 2.17. The van der Waals surface area contributed by atoms with Crippen molar-refractivity contribution in [2.75, 3.05) is 0 Å². The number of halogens is 1. The topological polar surface area (TPSA) is 30.7 Å². The lowest BCUT2D eigenvalue weighted by molar-refractivity contribution is 0.359. The molecule has 2 heterocycles. The molecule has 0 spiro atoms.